The van der Waals surface area contributed by atoms with E-state index in [2.05, 4.69) is 4.98 Å². The maximum Gasteiger partial charge on any atom is 0.295 e. The lowest BCUT2D eigenvalue weighted by Crippen LogP contribution is -2.36. The van der Waals surface area contributed by atoms with E-state index in [1.807, 2.05) is 54.5 Å². The molecule has 1 atom stereocenters. The molecule has 1 fully saturated rings. The van der Waals surface area contributed by atoms with Gasteiger partial charge in [0, 0.05) is 18.5 Å². The van der Waals surface area contributed by atoms with Crippen LogP contribution in [0.15, 0.2) is 66.8 Å². The molecule has 0 bridgehead atoms. The Morgan fingerprint density at radius 2 is 1.97 bits per heavy atom. The van der Waals surface area contributed by atoms with E-state index >= 15 is 0 Å². The number of aromatic amines is 1. The lowest BCUT2D eigenvalue weighted by molar-refractivity contribution is -0.695. The summed E-state index contributed by atoms with van der Waals surface area (Å²) in [5, 5.41) is 11.4. The first kappa shape index (κ1) is 22.6. The Kier molecular flexibility index (Phi) is 6.51. The van der Waals surface area contributed by atoms with Crippen molar-refractivity contribution in [3.05, 3.63) is 88.5 Å². The first-order chi connectivity index (χ1) is 15.9. The molecule has 2 N–H and O–H groups in total. The van der Waals surface area contributed by atoms with Crippen LogP contribution < -0.4 is 9.30 Å². The minimum absolute atomic E-state index is 0.0550. The van der Waals surface area contributed by atoms with Crippen LogP contribution in [0.1, 0.15) is 29.2 Å². The Morgan fingerprint density at radius 1 is 1.21 bits per heavy atom. The molecule has 170 valence electrons. The van der Waals surface area contributed by atoms with Crippen molar-refractivity contribution in [2.75, 3.05) is 13.7 Å². The van der Waals surface area contributed by atoms with Gasteiger partial charge in [-0.2, -0.15) is 0 Å². The van der Waals surface area contributed by atoms with E-state index in [1.165, 1.54) is 18.1 Å². The normalized spacial score (nSPS) is 17.5. The topological polar surface area (TPSA) is 86.5 Å². The third kappa shape index (κ3) is 4.50. The molecule has 0 radical (unpaired) electrons. The largest absolute Gasteiger partial charge is 0.507 e. The molecular formula is C25H25ClN3O4+. The van der Waals surface area contributed by atoms with Gasteiger partial charge in [-0.15, -0.1) is 0 Å². The number of methoxy groups -OCH3 is 1. The first-order valence-electron chi connectivity index (χ1n) is 10.6. The van der Waals surface area contributed by atoms with Gasteiger partial charge < -0.3 is 14.7 Å². The molecule has 1 aliphatic rings. The van der Waals surface area contributed by atoms with Gasteiger partial charge in [0.15, 0.2) is 0 Å². The highest BCUT2D eigenvalue weighted by Gasteiger charge is 2.45. The van der Waals surface area contributed by atoms with E-state index < -0.39 is 17.7 Å². The Bertz CT molecular complexity index is 1200. The number of rotatable bonds is 7. The molecule has 8 heteroatoms. The lowest BCUT2D eigenvalue weighted by atomic mass is 9.94. The van der Waals surface area contributed by atoms with Crippen LogP contribution in [0, 0.1) is 6.92 Å². The summed E-state index contributed by atoms with van der Waals surface area (Å²) in [4.78, 5) is 30.7. The zero-order valence-electron chi connectivity index (χ0n) is 18.4. The van der Waals surface area contributed by atoms with Crippen LogP contribution in [0.2, 0.25) is 5.02 Å². The van der Waals surface area contributed by atoms with Crippen LogP contribution in [0.3, 0.4) is 0 Å². The number of nitrogens with zero attached hydrogens (tertiary/aromatic N) is 2. The number of Topliss-reactive ketones (excluding diaryl/α,β-unsaturated/α-hetero) is 1. The minimum Gasteiger partial charge on any atom is -0.507 e. The maximum atomic E-state index is 13.1. The highest BCUT2D eigenvalue weighted by atomic mass is 35.5. The summed E-state index contributed by atoms with van der Waals surface area (Å²) in [6, 6.07) is 11.7. The Labute approximate surface area is 196 Å². The van der Waals surface area contributed by atoms with E-state index in [1.54, 1.807) is 12.1 Å². The van der Waals surface area contributed by atoms with Gasteiger partial charge in [0.1, 0.15) is 23.9 Å². The predicted molar refractivity (Wildman–Crippen MR) is 124 cm³/mol. The number of benzene rings is 2. The molecule has 3 aromatic rings. The van der Waals surface area contributed by atoms with Gasteiger partial charge in [-0.05, 0) is 30.7 Å². The maximum absolute atomic E-state index is 13.1. The highest BCUT2D eigenvalue weighted by Crippen LogP contribution is 2.40. The van der Waals surface area contributed by atoms with Crippen LogP contribution in [-0.2, 0) is 16.1 Å². The van der Waals surface area contributed by atoms with E-state index in [4.69, 9.17) is 16.3 Å². The van der Waals surface area contributed by atoms with Crippen molar-refractivity contribution in [3.8, 4) is 5.75 Å². The molecule has 0 spiro atoms. The number of hydrogen-bond acceptors (Lipinski definition) is 4. The summed E-state index contributed by atoms with van der Waals surface area (Å²) >= 11 is 6.24. The van der Waals surface area contributed by atoms with Crippen molar-refractivity contribution >= 4 is 29.1 Å². The molecule has 0 aliphatic carbocycles. The number of likely N-dealkylation sites (tertiary alicyclic amines) is 1. The predicted octanol–water partition coefficient (Wildman–Crippen LogP) is 3.78. The second-order valence-corrected chi connectivity index (χ2v) is 8.36. The Morgan fingerprint density at radius 3 is 2.61 bits per heavy atom. The number of carbonyl (C=O) groups excluding carboxylic acids is 2. The number of amides is 1. The third-order valence-corrected chi connectivity index (χ3v) is 6.07. The average molecular weight is 467 g/mol. The number of imidazole rings is 1. The van der Waals surface area contributed by atoms with Crippen LogP contribution in [-0.4, -0.2) is 40.3 Å². The van der Waals surface area contributed by atoms with Crippen LogP contribution in [0.5, 0.6) is 5.75 Å². The number of aryl methyl sites for hydroxylation is 2. The number of aromatic nitrogens is 2. The number of nitrogens with one attached hydrogen (secondary N) is 1. The lowest BCUT2D eigenvalue weighted by Gasteiger charge is -2.25. The van der Waals surface area contributed by atoms with Crippen molar-refractivity contribution in [1.29, 1.82) is 0 Å². The van der Waals surface area contributed by atoms with Crippen molar-refractivity contribution in [3.63, 3.8) is 0 Å². The fourth-order valence-corrected chi connectivity index (χ4v) is 4.32. The highest BCUT2D eigenvalue weighted by molar-refractivity contribution is 6.46. The van der Waals surface area contributed by atoms with Crippen molar-refractivity contribution in [2.45, 2.75) is 25.9 Å². The molecule has 1 aliphatic heterocycles. The molecule has 33 heavy (non-hydrogen) atoms. The monoisotopic (exact) mass is 466 g/mol. The fraction of sp³-hybridized carbons (Fsp3) is 0.240. The van der Waals surface area contributed by atoms with Gasteiger partial charge in [-0.3, -0.25) is 14.6 Å². The Balaban J connectivity index is 1.74. The number of aliphatic hydroxyl groups excluding tert-OH is 1. The molecule has 2 aromatic carbocycles. The molecule has 7 nitrogen and oxygen atoms in total. The molecule has 1 unspecified atom stereocenters. The van der Waals surface area contributed by atoms with Gasteiger partial charge in [-0.1, -0.05) is 41.4 Å². The van der Waals surface area contributed by atoms with E-state index in [0.29, 0.717) is 35.8 Å². The van der Waals surface area contributed by atoms with Gasteiger partial charge in [0.05, 0.1) is 30.3 Å². The number of hydrogen-bond donors (Lipinski definition) is 2. The number of aliphatic hydroxyl groups is 1. The van der Waals surface area contributed by atoms with E-state index in [9.17, 15) is 14.7 Å². The van der Waals surface area contributed by atoms with Crippen molar-refractivity contribution in [1.82, 2.24) is 9.88 Å². The summed E-state index contributed by atoms with van der Waals surface area (Å²) in [5.41, 5.74) is 2.22. The summed E-state index contributed by atoms with van der Waals surface area (Å²) in [6.45, 7) is 3.01. The second-order valence-electron chi connectivity index (χ2n) is 7.96. The van der Waals surface area contributed by atoms with E-state index in [0.717, 1.165) is 11.1 Å². The smallest absolute Gasteiger partial charge is 0.295 e. The van der Waals surface area contributed by atoms with Crippen molar-refractivity contribution in [2.24, 2.45) is 0 Å². The summed E-state index contributed by atoms with van der Waals surface area (Å²) in [6.07, 6.45) is 6.20. The molecule has 2 heterocycles. The van der Waals surface area contributed by atoms with Gasteiger partial charge in [-0.25, -0.2) is 4.57 Å². The fourth-order valence-electron chi connectivity index (χ4n) is 4.06. The quantitative estimate of drug-likeness (QED) is 0.240. The minimum atomic E-state index is -0.709. The number of ether oxygens (including phenoxy) is 1. The van der Waals surface area contributed by atoms with Crippen molar-refractivity contribution < 1.29 is 24.0 Å². The molecular weight excluding hydrogens is 442 g/mol. The number of H-pyrrole nitrogens is 1. The molecule has 1 amide bonds. The standard InChI is InChI=1S/C25H24ClN3O4/c1-16-4-6-17(7-5-16)22-21(23(30)18-8-9-20(33-2)19(26)14-18)24(31)25(32)29(22)12-3-11-28-13-10-27-15-28/h4-10,13-15,22H,3,11-12H2,1-2H3,(H,30,31)/p+1. The first-order valence-corrected chi connectivity index (χ1v) is 11.0. The summed E-state index contributed by atoms with van der Waals surface area (Å²) in [7, 11) is 1.50. The zero-order valence-corrected chi connectivity index (χ0v) is 19.2. The number of halogens is 1. The third-order valence-electron chi connectivity index (χ3n) is 5.78. The second kappa shape index (κ2) is 9.50. The van der Waals surface area contributed by atoms with Gasteiger partial charge >= 0.3 is 0 Å². The number of carbonyl (C=O) groups is 2. The molecule has 1 aromatic heterocycles. The summed E-state index contributed by atoms with van der Waals surface area (Å²) in [5.74, 6) is -1.14. The van der Waals surface area contributed by atoms with Crippen LogP contribution in [0.4, 0.5) is 0 Å². The number of ketones is 1. The SMILES string of the molecule is COc1ccc(C(O)=C2C(=O)C(=O)N(CCC[n+]3cc[nH]c3)C2c2ccc(C)cc2)cc1Cl. The summed E-state index contributed by atoms with van der Waals surface area (Å²) < 4.78 is 7.14. The molecule has 0 saturated carbocycles. The molecule has 1 saturated heterocycles. The van der Waals surface area contributed by atoms with Crippen LogP contribution >= 0.6 is 11.6 Å². The van der Waals surface area contributed by atoms with Gasteiger partial charge in [0.2, 0.25) is 6.33 Å². The van der Waals surface area contributed by atoms with Crippen LogP contribution in [0.25, 0.3) is 5.76 Å². The van der Waals surface area contributed by atoms with Gasteiger partial charge in [0.25, 0.3) is 11.7 Å². The molecule has 4 rings (SSSR count). The zero-order chi connectivity index (χ0) is 23.5. The van der Waals surface area contributed by atoms with E-state index in [-0.39, 0.29) is 11.3 Å². The average Bonchev–Trinajstić information content (AvgIpc) is 3.41. The Hall–Kier alpha value is -3.58.